The molecular weight excluding hydrogens is 316 g/mol. The molecule has 5 nitrogen and oxygen atoms in total. The molecular formula is C20H28N2O3. The smallest absolute Gasteiger partial charge is 0.223 e. The highest BCUT2D eigenvalue weighted by Crippen LogP contribution is 2.65. The summed E-state index contributed by atoms with van der Waals surface area (Å²) in [5.74, 6) is 1.36. The van der Waals surface area contributed by atoms with Crippen molar-refractivity contribution in [3.8, 4) is 5.75 Å². The van der Waals surface area contributed by atoms with Crippen molar-refractivity contribution in [1.82, 2.24) is 10.2 Å². The van der Waals surface area contributed by atoms with Crippen LogP contribution in [0.15, 0.2) is 24.3 Å². The first-order valence-electron chi connectivity index (χ1n) is 9.55. The lowest BCUT2D eigenvalue weighted by atomic mass is 9.80. The molecule has 1 N–H and O–H groups in total. The number of rotatable bonds is 7. The zero-order valence-electron chi connectivity index (χ0n) is 14.8. The summed E-state index contributed by atoms with van der Waals surface area (Å²) in [6, 6.07) is 8.02. The van der Waals surface area contributed by atoms with Crippen molar-refractivity contribution in [3.05, 3.63) is 29.8 Å². The maximum Gasteiger partial charge on any atom is 0.223 e. The Kier molecular flexibility index (Phi) is 4.95. The second kappa shape index (κ2) is 7.34. The van der Waals surface area contributed by atoms with E-state index in [-0.39, 0.29) is 11.8 Å². The van der Waals surface area contributed by atoms with Crippen LogP contribution < -0.4 is 10.1 Å². The Balaban J connectivity index is 1.24. The summed E-state index contributed by atoms with van der Waals surface area (Å²) in [5, 5.41) is 3.12. The van der Waals surface area contributed by atoms with Gasteiger partial charge in [0.05, 0.1) is 13.2 Å². The fourth-order valence-electron chi connectivity index (χ4n) is 4.11. The lowest BCUT2D eigenvalue weighted by Crippen LogP contribution is -2.38. The SMILES string of the molecule is O=C(NCc1ccccc1OCCN1CCOCC1)C1CC12CCC2. The van der Waals surface area contributed by atoms with Crippen molar-refractivity contribution >= 4 is 5.91 Å². The number of carbonyl (C=O) groups excluding carboxylic acids is 1. The van der Waals surface area contributed by atoms with Crippen LogP contribution in [-0.2, 0) is 16.1 Å². The van der Waals surface area contributed by atoms with Crippen LogP contribution in [0.2, 0.25) is 0 Å². The van der Waals surface area contributed by atoms with Gasteiger partial charge in [0.2, 0.25) is 5.91 Å². The molecule has 0 radical (unpaired) electrons. The Morgan fingerprint density at radius 2 is 2.08 bits per heavy atom. The summed E-state index contributed by atoms with van der Waals surface area (Å²) in [7, 11) is 0. The third-order valence-corrected chi connectivity index (χ3v) is 6.05. The molecule has 2 saturated carbocycles. The van der Waals surface area contributed by atoms with Gasteiger partial charge in [-0.15, -0.1) is 0 Å². The number of para-hydroxylation sites is 1. The highest BCUT2D eigenvalue weighted by molar-refractivity contribution is 5.82. The normalized spacial score (nSPS) is 24.6. The molecule has 136 valence electrons. The molecule has 3 fully saturated rings. The molecule has 1 aromatic carbocycles. The minimum Gasteiger partial charge on any atom is -0.492 e. The molecule has 3 aliphatic rings. The van der Waals surface area contributed by atoms with E-state index in [4.69, 9.17) is 9.47 Å². The van der Waals surface area contributed by atoms with Crippen molar-refractivity contribution in [2.24, 2.45) is 11.3 Å². The summed E-state index contributed by atoms with van der Waals surface area (Å²) in [4.78, 5) is 14.7. The maximum absolute atomic E-state index is 12.3. The minimum atomic E-state index is 0.225. The van der Waals surface area contributed by atoms with Gasteiger partial charge in [-0.3, -0.25) is 9.69 Å². The molecule has 2 aliphatic carbocycles. The van der Waals surface area contributed by atoms with Crippen LogP contribution in [0.3, 0.4) is 0 Å². The molecule has 1 heterocycles. The van der Waals surface area contributed by atoms with E-state index in [1.165, 1.54) is 19.3 Å². The second-order valence-corrected chi connectivity index (χ2v) is 7.60. The first-order chi connectivity index (χ1) is 12.3. The van der Waals surface area contributed by atoms with Gasteiger partial charge in [-0.2, -0.15) is 0 Å². The molecule has 0 aromatic heterocycles. The Morgan fingerprint density at radius 1 is 1.28 bits per heavy atom. The summed E-state index contributed by atoms with van der Waals surface area (Å²) < 4.78 is 11.4. The van der Waals surface area contributed by atoms with Crippen LogP contribution in [0.1, 0.15) is 31.2 Å². The van der Waals surface area contributed by atoms with Gasteiger partial charge in [-0.25, -0.2) is 0 Å². The number of hydrogen-bond donors (Lipinski definition) is 1. The van der Waals surface area contributed by atoms with Gasteiger partial charge in [0.1, 0.15) is 12.4 Å². The molecule has 1 spiro atoms. The number of nitrogens with one attached hydrogen (secondary N) is 1. The number of benzene rings is 1. The van der Waals surface area contributed by atoms with E-state index in [0.29, 0.717) is 18.6 Å². The number of amides is 1. The molecule has 5 heteroatoms. The topological polar surface area (TPSA) is 50.8 Å². The van der Waals surface area contributed by atoms with E-state index in [2.05, 4.69) is 10.2 Å². The van der Waals surface area contributed by atoms with Gasteiger partial charge in [0.25, 0.3) is 0 Å². The van der Waals surface area contributed by atoms with Crippen molar-refractivity contribution < 1.29 is 14.3 Å². The number of carbonyl (C=O) groups is 1. The standard InChI is InChI=1S/C20H28N2O3/c23-19(17-14-20(17)6-3-7-20)21-15-16-4-1-2-5-18(16)25-13-10-22-8-11-24-12-9-22/h1-2,4-5,17H,3,6-15H2,(H,21,23). The molecule has 1 atom stereocenters. The first kappa shape index (κ1) is 16.9. The third-order valence-electron chi connectivity index (χ3n) is 6.05. The minimum absolute atomic E-state index is 0.225. The van der Waals surface area contributed by atoms with Gasteiger partial charge >= 0.3 is 0 Å². The number of morpholine rings is 1. The third kappa shape index (κ3) is 3.82. The summed E-state index contributed by atoms with van der Waals surface area (Å²) in [6.45, 7) is 5.70. The molecule has 1 aliphatic heterocycles. The van der Waals surface area contributed by atoms with Gasteiger partial charge in [-0.05, 0) is 30.7 Å². The van der Waals surface area contributed by atoms with Crippen molar-refractivity contribution in [2.75, 3.05) is 39.5 Å². The highest BCUT2D eigenvalue weighted by atomic mass is 16.5. The number of ether oxygens (including phenoxy) is 2. The molecule has 1 saturated heterocycles. The monoisotopic (exact) mass is 344 g/mol. The van der Waals surface area contributed by atoms with Crippen LogP contribution in [0, 0.1) is 11.3 Å². The molecule has 1 aromatic rings. The predicted molar refractivity (Wildman–Crippen MR) is 95.4 cm³/mol. The van der Waals surface area contributed by atoms with Crippen LogP contribution in [0.5, 0.6) is 5.75 Å². The molecule has 0 bridgehead atoms. The Labute approximate surface area is 149 Å². The Hall–Kier alpha value is -1.59. The van der Waals surface area contributed by atoms with Gasteiger partial charge in [-0.1, -0.05) is 24.6 Å². The number of nitrogens with zero attached hydrogens (tertiary/aromatic N) is 1. The van der Waals surface area contributed by atoms with E-state index in [0.717, 1.165) is 50.6 Å². The lowest BCUT2D eigenvalue weighted by molar-refractivity contribution is -0.123. The van der Waals surface area contributed by atoms with Crippen LogP contribution in [0.25, 0.3) is 0 Å². The fourth-order valence-corrected chi connectivity index (χ4v) is 4.11. The predicted octanol–water partition coefficient (Wildman–Crippen LogP) is 2.20. The fraction of sp³-hybridized carbons (Fsp3) is 0.650. The van der Waals surface area contributed by atoms with Gasteiger partial charge in [0.15, 0.2) is 0 Å². The molecule has 1 unspecified atom stereocenters. The zero-order valence-corrected chi connectivity index (χ0v) is 14.8. The maximum atomic E-state index is 12.3. The van der Waals surface area contributed by atoms with E-state index < -0.39 is 0 Å². The molecule has 4 rings (SSSR count). The first-order valence-corrected chi connectivity index (χ1v) is 9.55. The van der Waals surface area contributed by atoms with Gasteiger partial charge in [0, 0.05) is 37.7 Å². The Bertz CT molecular complexity index is 609. The van der Waals surface area contributed by atoms with E-state index >= 15 is 0 Å². The lowest BCUT2D eigenvalue weighted by Gasteiger charge is -2.26. The average Bonchev–Trinajstić information content (AvgIpc) is 3.38. The number of hydrogen-bond acceptors (Lipinski definition) is 4. The summed E-state index contributed by atoms with van der Waals surface area (Å²) >= 11 is 0. The Morgan fingerprint density at radius 3 is 2.80 bits per heavy atom. The summed E-state index contributed by atoms with van der Waals surface area (Å²) in [6.07, 6.45) is 4.87. The van der Waals surface area contributed by atoms with Crippen molar-refractivity contribution in [1.29, 1.82) is 0 Å². The van der Waals surface area contributed by atoms with Crippen molar-refractivity contribution in [2.45, 2.75) is 32.2 Å². The van der Waals surface area contributed by atoms with Crippen LogP contribution in [0.4, 0.5) is 0 Å². The average molecular weight is 344 g/mol. The quantitative estimate of drug-likeness (QED) is 0.824. The second-order valence-electron chi connectivity index (χ2n) is 7.60. The van der Waals surface area contributed by atoms with E-state index in [9.17, 15) is 4.79 Å². The van der Waals surface area contributed by atoms with Crippen LogP contribution in [-0.4, -0.2) is 50.3 Å². The van der Waals surface area contributed by atoms with Crippen molar-refractivity contribution in [3.63, 3.8) is 0 Å². The zero-order chi connectivity index (χ0) is 17.1. The molecule has 25 heavy (non-hydrogen) atoms. The molecule has 1 amide bonds. The van der Waals surface area contributed by atoms with E-state index in [1.807, 2.05) is 24.3 Å². The highest BCUT2D eigenvalue weighted by Gasteiger charge is 2.60. The van der Waals surface area contributed by atoms with E-state index in [1.54, 1.807) is 0 Å². The largest absolute Gasteiger partial charge is 0.492 e. The summed E-state index contributed by atoms with van der Waals surface area (Å²) in [5.41, 5.74) is 1.44. The van der Waals surface area contributed by atoms with Gasteiger partial charge < -0.3 is 14.8 Å². The van der Waals surface area contributed by atoms with Crippen LogP contribution >= 0.6 is 0 Å².